The Morgan fingerprint density at radius 3 is 2.94 bits per heavy atom. The van der Waals surface area contributed by atoms with Gasteiger partial charge in [0.25, 0.3) is 0 Å². The minimum atomic E-state index is 0.211. The van der Waals surface area contributed by atoms with Gasteiger partial charge in [-0.2, -0.15) is 5.26 Å². The Labute approximate surface area is 103 Å². The quantitative estimate of drug-likeness (QED) is 0.826. The lowest BCUT2D eigenvalue weighted by Crippen LogP contribution is -1.93. The molecule has 2 aromatic rings. The summed E-state index contributed by atoms with van der Waals surface area (Å²) < 4.78 is 5.47. The smallest absolute Gasteiger partial charge is 0.237 e. The summed E-state index contributed by atoms with van der Waals surface area (Å²) in [5.41, 5.74) is 6.49. The maximum Gasteiger partial charge on any atom is 0.237 e. The van der Waals surface area contributed by atoms with Crippen molar-refractivity contribution in [3.05, 3.63) is 47.1 Å². The zero-order chi connectivity index (χ0) is 12.3. The van der Waals surface area contributed by atoms with Gasteiger partial charge in [-0.05, 0) is 24.3 Å². The monoisotopic (exact) mass is 245 g/mol. The number of ether oxygens (including phenoxy) is 1. The molecule has 0 aliphatic rings. The van der Waals surface area contributed by atoms with Crippen LogP contribution in [0.1, 0.15) is 5.56 Å². The van der Waals surface area contributed by atoms with E-state index >= 15 is 0 Å². The minimum absolute atomic E-state index is 0.211. The van der Waals surface area contributed by atoms with E-state index in [1.165, 1.54) is 6.20 Å². The van der Waals surface area contributed by atoms with Crippen LogP contribution in [-0.4, -0.2) is 4.98 Å². The van der Waals surface area contributed by atoms with Crippen molar-refractivity contribution in [3.63, 3.8) is 0 Å². The van der Waals surface area contributed by atoms with Gasteiger partial charge in [0, 0.05) is 18.0 Å². The van der Waals surface area contributed by atoms with Crippen LogP contribution in [0.2, 0.25) is 5.02 Å². The van der Waals surface area contributed by atoms with Gasteiger partial charge in [0.15, 0.2) is 0 Å². The fourth-order valence-corrected chi connectivity index (χ4v) is 1.42. The summed E-state index contributed by atoms with van der Waals surface area (Å²) in [6, 6.07) is 10.1. The SMILES string of the molecule is N#Cc1cccnc1Oc1cc(N)ccc1Cl. The number of aromatic nitrogens is 1. The molecule has 2 rings (SSSR count). The van der Waals surface area contributed by atoms with E-state index in [1.54, 1.807) is 30.3 Å². The molecule has 1 aromatic heterocycles. The summed E-state index contributed by atoms with van der Waals surface area (Å²) >= 11 is 5.95. The molecule has 0 saturated carbocycles. The Balaban J connectivity index is 2.38. The standard InChI is InChI=1S/C12H8ClN3O/c13-10-4-3-9(15)6-11(10)17-12-8(7-14)2-1-5-16-12/h1-6H,15H2. The highest BCUT2D eigenvalue weighted by Crippen LogP contribution is 2.31. The van der Waals surface area contributed by atoms with Crippen molar-refractivity contribution < 1.29 is 4.74 Å². The molecule has 1 heterocycles. The topological polar surface area (TPSA) is 71.9 Å². The van der Waals surface area contributed by atoms with E-state index in [-0.39, 0.29) is 5.88 Å². The Kier molecular flexibility index (Phi) is 3.12. The first kappa shape index (κ1) is 11.2. The lowest BCUT2D eigenvalue weighted by Gasteiger charge is -2.08. The second-order valence-electron chi connectivity index (χ2n) is 3.26. The fourth-order valence-electron chi connectivity index (χ4n) is 1.26. The summed E-state index contributed by atoms with van der Waals surface area (Å²) in [6.45, 7) is 0. The number of hydrogen-bond acceptors (Lipinski definition) is 4. The number of nitrogens with zero attached hydrogens (tertiary/aromatic N) is 2. The van der Waals surface area contributed by atoms with E-state index in [4.69, 9.17) is 27.3 Å². The van der Waals surface area contributed by atoms with Crippen LogP contribution < -0.4 is 10.5 Å². The van der Waals surface area contributed by atoms with Crippen molar-refractivity contribution in [1.29, 1.82) is 5.26 Å². The van der Waals surface area contributed by atoms with Crippen LogP contribution in [0.25, 0.3) is 0 Å². The number of nitriles is 1. The van der Waals surface area contributed by atoms with E-state index in [2.05, 4.69) is 4.98 Å². The molecular weight excluding hydrogens is 238 g/mol. The number of hydrogen-bond donors (Lipinski definition) is 1. The van der Waals surface area contributed by atoms with Crippen molar-refractivity contribution >= 4 is 17.3 Å². The molecule has 0 amide bonds. The third-order valence-corrected chi connectivity index (χ3v) is 2.37. The van der Waals surface area contributed by atoms with Gasteiger partial charge in [-0.15, -0.1) is 0 Å². The Bertz CT molecular complexity index is 593. The van der Waals surface area contributed by atoms with Crippen LogP contribution >= 0.6 is 11.6 Å². The number of benzene rings is 1. The highest BCUT2D eigenvalue weighted by molar-refractivity contribution is 6.32. The first-order valence-electron chi connectivity index (χ1n) is 4.78. The fraction of sp³-hybridized carbons (Fsp3) is 0. The molecule has 5 heteroatoms. The number of rotatable bonds is 2. The van der Waals surface area contributed by atoms with Crippen molar-refractivity contribution in [2.75, 3.05) is 5.73 Å². The second kappa shape index (κ2) is 4.73. The van der Waals surface area contributed by atoms with Gasteiger partial charge in [0.1, 0.15) is 17.4 Å². The summed E-state index contributed by atoms with van der Waals surface area (Å²) in [6.07, 6.45) is 1.54. The molecule has 0 spiro atoms. The van der Waals surface area contributed by atoms with E-state index in [0.29, 0.717) is 22.0 Å². The van der Waals surface area contributed by atoms with Crippen molar-refractivity contribution in [2.24, 2.45) is 0 Å². The molecule has 0 atom stereocenters. The van der Waals surface area contributed by atoms with Gasteiger partial charge in [0.05, 0.1) is 5.02 Å². The molecule has 0 unspecified atom stereocenters. The third kappa shape index (κ3) is 2.47. The maximum atomic E-state index is 8.89. The third-order valence-electron chi connectivity index (χ3n) is 2.05. The van der Waals surface area contributed by atoms with Gasteiger partial charge in [-0.3, -0.25) is 0 Å². The van der Waals surface area contributed by atoms with Crippen molar-refractivity contribution in [1.82, 2.24) is 4.98 Å². The summed E-state index contributed by atoms with van der Waals surface area (Å²) in [4.78, 5) is 3.97. The minimum Gasteiger partial charge on any atom is -0.436 e. The predicted molar refractivity (Wildman–Crippen MR) is 64.9 cm³/mol. The van der Waals surface area contributed by atoms with Gasteiger partial charge in [-0.1, -0.05) is 11.6 Å². The first-order valence-corrected chi connectivity index (χ1v) is 5.16. The lowest BCUT2D eigenvalue weighted by atomic mass is 10.3. The summed E-state index contributed by atoms with van der Waals surface area (Å²) in [5, 5.41) is 9.30. The van der Waals surface area contributed by atoms with Gasteiger partial charge in [0.2, 0.25) is 5.88 Å². The zero-order valence-corrected chi connectivity index (χ0v) is 9.48. The Morgan fingerprint density at radius 2 is 2.18 bits per heavy atom. The molecule has 4 nitrogen and oxygen atoms in total. The maximum absolute atomic E-state index is 8.89. The van der Waals surface area contributed by atoms with E-state index in [0.717, 1.165) is 0 Å². The van der Waals surface area contributed by atoms with Crippen LogP contribution in [0.5, 0.6) is 11.6 Å². The van der Waals surface area contributed by atoms with E-state index < -0.39 is 0 Å². The zero-order valence-electron chi connectivity index (χ0n) is 8.72. The van der Waals surface area contributed by atoms with Crippen LogP contribution in [-0.2, 0) is 0 Å². The second-order valence-corrected chi connectivity index (χ2v) is 3.67. The number of nitrogen functional groups attached to an aromatic ring is 1. The van der Waals surface area contributed by atoms with Crippen LogP contribution in [0, 0.1) is 11.3 Å². The number of pyridine rings is 1. The van der Waals surface area contributed by atoms with Crippen LogP contribution in [0.15, 0.2) is 36.5 Å². The average molecular weight is 246 g/mol. The molecule has 0 radical (unpaired) electrons. The summed E-state index contributed by atoms with van der Waals surface area (Å²) in [5.74, 6) is 0.587. The molecule has 84 valence electrons. The van der Waals surface area contributed by atoms with E-state index in [9.17, 15) is 0 Å². The average Bonchev–Trinajstić information content (AvgIpc) is 2.34. The normalized spacial score (nSPS) is 9.65. The number of halogens is 1. The van der Waals surface area contributed by atoms with Gasteiger partial charge < -0.3 is 10.5 Å². The predicted octanol–water partition coefficient (Wildman–Crippen LogP) is 2.98. The first-order chi connectivity index (χ1) is 8.20. The Hall–Kier alpha value is -2.25. The largest absolute Gasteiger partial charge is 0.436 e. The highest BCUT2D eigenvalue weighted by Gasteiger charge is 2.08. The molecular formula is C12H8ClN3O. The van der Waals surface area contributed by atoms with E-state index in [1.807, 2.05) is 6.07 Å². The summed E-state index contributed by atoms with van der Waals surface area (Å²) in [7, 11) is 0. The molecule has 0 saturated heterocycles. The van der Waals surface area contributed by atoms with Gasteiger partial charge in [-0.25, -0.2) is 4.98 Å². The Morgan fingerprint density at radius 1 is 1.35 bits per heavy atom. The van der Waals surface area contributed by atoms with Crippen molar-refractivity contribution in [2.45, 2.75) is 0 Å². The highest BCUT2D eigenvalue weighted by atomic mass is 35.5. The molecule has 0 bridgehead atoms. The molecule has 1 aromatic carbocycles. The van der Waals surface area contributed by atoms with Crippen LogP contribution in [0.4, 0.5) is 5.69 Å². The van der Waals surface area contributed by atoms with Crippen molar-refractivity contribution in [3.8, 4) is 17.7 Å². The molecule has 17 heavy (non-hydrogen) atoms. The molecule has 0 aliphatic heterocycles. The number of nitrogens with two attached hydrogens (primary N) is 1. The molecule has 2 N–H and O–H groups in total. The molecule has 0 aliphatic carbocycles. The van der Waals surface area contributed by atoms with Gasteiger partial charge >= 0.3 is 0 Å². The number of anilines is 1. The lowest BCUT2D eigenvalue weighted by molar-refractivity contribution is 0.462. The van der Waals surface area contributed by atoms with Crippen LogP contribution in [0.3, 0.4) is 0 Å². The molecule has 0 fully saturated rings.